The van der Waals surface area contributed by atoms with Crippen molar-refractivity contribution in [1.82, 2.24) is 25.1 Å². The quantitative estimate of drug-likeness (QED) is 0.911. The topological polar surface area (TPSA) is 81.9 Å². The second-order valence-electron chi connectivity index (χ2n) is 5.57. The van der Waals surface area contributed by atoms with E-state index in [1.165, 1.54) is 0 Å². The molecule has 1 N–H and O–H groups in total. The summed E-state index contributed by atoms with van der Waals surface area (Å²) in [6, 6.07) is 0. The molecule has 23 heavy (non-hydrogen) atoms. The molecule has 1 saturated heterocycles. The van der Waals surface area contributed by atoms with Gasteiger partial charge in [-0.2, -0.15) is 5.10 Å². The van der Waals surface area contributed by atoms with E-state index in [9.17, 15) is 4.79 Å². The van der Waals surface area contributed by atoms with Gasteiger partial charge in [-0.1, -0.05) is 0 Å². The Labute approximate surface area is 135 Å². The molecule has 122 valence electrons. The van der Waals surface area contributed by atoms with Gasteiger partial charge in [0, 0.05) is 43.9 Å². The molecule has 3 heterocycles. The van der Waals surface area contributed by atoms with Gasteiger partial charge in [-0.25, -0.2) is 9.97 Å². The normalized spacial score (nSPS) is 17.9. The Bertz CT molecular complexity index is 647. The maximum Gasteiger partial charge on any atom is 0.254 e. The number of aromatic nitrogens is 4. The van der Waals surface area contributed by atoms with E-state index in [-0.39, 0.29) is 12.0 Å². The van der Waals surface area contributed by atoms with Crippen molar-refractivity contribution in [2.24, 2.45) is 0 Å². The predicted octanol–water partition coefficient (Wildman–Crippen LogP) is 1.86. The molecule has 7 nitrogen and oxygen atoms in total. The summed E-state index contributed by atoms with van der Waals surface area (Å²) in [4.78, 5) is 20.8. The lowest BCUT2D eigenvalue weighted by atomic mass is 10.1. The van der Waals surface area contributed by atoms with Crippen molar-refractivity contribution in [3.8, 4) is 0 Å². The predicted molar refractivity (Wildman–Crippen MR) is 83.6 cm³/mol. The number of carbonyl (C=O) groups is 1. The van der Waals surface area contributed by atoms with Crippen molar-refractivity contribution in [1.29, 1.82) is 0 Å². The van der Waals surface area contributed by atoms with Crippen LogP contribution in [-0.4, -0.2) is 32.3 Å². The van der Waals surface area contributed by atoms with Crippen LogP contribution in [0.1, 0.15) is 54.0 Å². The van der Waals surface area contributed by atoms with Crippen LogP contribution in [0, 0.1) is 0 Å². The fourth-order valence-electron chi connectivity index (χ4n) is 2.50. The lowest BCUT2D eigenvalue weighted by Gasteiger charge is -2.21. The minimum atomic E-state index is -0.149. The Hall–Kier alpha value is -2.28. The molecule has 2 aromatic heterocycles. The molecule has 1 amide bonds. The number of amides is 1. The van der Waals surface area contributed by atoms with Gasteiger partial charge in [0.05, 0.1) is 11.8 Å². The number of nitrogens with one attached hydrogen (secondary N) is 1. The standard InChI is InChI=1S/C16H21N5O2/c1-2-21-11-13(10-20-21)16(22)19-9-12-7-17-15(18-8-12)14-5-3-4-6-23-14/h7-8,10-11,14H,2-6,9H2,1H3,(H,19,22)/t14-/m1/s1. The summed E-state index contributed by atoms with van der Waals surface area (Å²) in [5.74, 6) is 0.577. The van der Waals surface area contributed by atoms with Gasteiger partial charge in [-0.05, 0) is 26.2 Å². The van der Waals surface area contributed by atoms with E-state index in [1.54, 1.807) is 29.5 Å². The molecule has 1 aliphatic rings. The summed E-state index contributed by atoms with van der Waals surface area (Å²) in [5.41, 5.74) is 1.42. The maximum absolute atomic E-state index is 12.0. The van der Waals surface area contributed by atoms with Crippen molar-refractivity contribution >= 4 is 5.91 Å². The molecule has 0 unspecified atom stereocenters. The summed E-state index contributed by atoms with van der Waals surface area (Å²) in [5, 5.41) is 6.94. The number of hydrogen-bond acceptors (Lipinski definition) is 5. The molecule has 0 aliphatic carbocycles. The first-order valence-electron chi connectivity index (χ1n) is 7.99. The van der Waals surface area contributed by atoms with Crippen LogP contribution in [0.3, 0.4) is 0 Å². The monoisotopic (exact) mass is 315 g/mol. The zero-order valence-electron chi connectivity index (χ0n) is 13.2. The molecule has 0 bridgehead atoms. The Morgan fingerprint density at radius 3 is 2.83 bits per heavy atom. The van der Waals surface area contributed by atoms with Crippen LogP contribution in [0.4, 0.5) is 0 Å². The SMILES string of the molecule is CCn1cc(C(=O)NCc2cnc([C@H]3CCCCO3)nc2)cn1. The van der Waals surface area contributed by atoms with E-state index in [1.807, 2.05) is 6.92 Å². The van der Waals surface area contributed by atoms with Crippen LogP contribution in [0.25, 0.3) is 0 Å². The van der Waals surface area contributed by atoms with Gasteiger partial charge >= 0.3 is 0 Å². The van der Waals surface area contributed by atoms with Crippen LogP contribution in [0.2, 0.25) is 0 Å². The summed E-state index contributed by atoms with van der Waals surface area (Å²) < 4.78 is 7.39. The fraction of sp³-hybridized carbons (Fsp3) is 0.500. The second-order valence-corrected chi connectivity index (χ2v) is 5.57. The highest BCUT2D eigenvalue weighted by Gasteiger charge is 2.18. The van der Waals surface area contributed by atoms with Crippen LogP contribution in [-0.2, 0) is 17.8 Å². The molecular weight excluding hydrogens is 294 g/mol. The molecule has 0 aromatic carbocycles. The molecule has 7 heteroatoms. The fourth-order valence-corrected chi connectivity index (χ4v) is 2.50. The van der Waals surface area contributed by atoms with Gasteiger partial charge in [0.25, 0.3) is 5.91 Å². The first kappa shape index (κ1) is 15.6. The number of carbonyl (C=O) groups excluding carboxylic acids is 1. The van der Waals surface area contributed by atoms with Gasteiger partial charge in [-0.3, -0.25) is 9.48 Å². The Balaban J connectivity index is 1.54. The lowest BCUT2D eigenvalue weighted by Crippen LogP contribution is -2.23. The van der Waals surface area contributed by atoms with Crippen molar-refractivity contribution < 1.29 is 9.53 Å². The third kappa shape index (κ3) is 3.92. The molecule has 3 rings (SSSR count). The van der Waals surface area contributed by atoms with Gasteiger partial charge in [0.1, 0.15) is 6.10 Å². The highest BCUT2D eigenvalue weighted by atomic mass is 16.5. The molecule has 2 aromatic rings. The molecule has 1 fully saturated rings. The average Bonchev–Trinajstić information content (AvgIpc) is 3.10. The zero-order chi connectivity index (χ0) is 16.1. The van der Waals surface area contributed by atoms with E-state index in [0.717, 1.165) is 43.8 Å². The molecule has 0 radical (unpaired) electrons. The average molecular weight is 315 g/mol. The largest absolute Gasteiger partial charge is 0.370 e. The Kier molecular flexibility index (Phi) is 4.97. The van der Waals surface area contributed by atoms with E-state index < -0.39 is 0 Å². The van der Waals surface area contributed by atoms with Crippen LogP contribution < -0.4 is 5.32 Å². The van der Waals surface area contributed by atoms with E-state index in [4.69, 9.17) is 4.74 Å². The summed E-state index contributed by atoms with van der Waals surface area (Å²) in [6.45, 7) is 3.88. The molecule has 0 spiro atoms. The first-order chi connectivity index (χ1) is 11.3. The van der Waals surface area contributed by atoms with Crippen molar-refractivity contribution in [3.05, 3.63) is 41.7 Å². The zero-order valence-corrected chi connectivity index (χ0v) is 13.2. The first-order valence-corrected chi connectivity index (χ1v) is 7.99. The summed E-state index contributed by atoms with van der Waals surface area (Å²) >= 11 is 0. The Morgan fingerprint density at radius 2 is 2.17 bits per heavy atom. The van der Waals surface area contributed by atoms with Gasteiger partial charge in [0.2, 0.25) is 0 Å². The van der Waals surface area contributed by atoms with E-state index in [0.29, 0.717) is 12.1 Å². The molecule has 1 aliphatic heterocycles. The molecule has 1 atom stereocenters. The van der Waals surface area contributed by atoms with Gasteiger partial charge in [-0.15, -0.1) is 0 Å². The highest BCUT2D eigenvalue weighted by molar-refractivity contribution is 5.93. The molecular formula is C16H21N5O2. The van der Waals surface area contributed by atoms with Gasteiger partial charge in [0.15, 0.2) is 5.82 Å². The number of rotatable bonds is 5. The van der Waals surface area contributed by atoms with Crippen LogP contribution in [0.5, 0.6) is 0 Å². The number of hydrogen-bond donors (Lipinski definition) is 1. The lowest BCUT2D eigenvalue weighted by molar-refractivity contribution is 0.00940. The third-order valence-electron chi connectivity index (χ3n) is 3.87. The summed E-state index contributed by atoms with van der Waals surface area (Å²) in [7, 11) is 0. The smallest absolute Gasteiger partial charge is 0.254 e. The maximum atomic E-state index is 12.0. The van der Waals surface area contributed by atoms with Gasteiger partial charge < -0.3 is 10.1 Å². The highest BCUT2D eigenvalue weighted by Crippen LogP contribution is 2.24. The van der Waals surface area contributed by atoms with Crippen LogP contribution in [0.15, 0.2) is 24.8 Å². The van der Waals surface area contributed by atoms with Crippen molar-refractivity contribution in [2.75, 3.05) is 6.61 Å². The number of aryl methyl sites for hydroxylation is 1. The van der Waals surface area contributed by atoms with E-state index in [2.05, 4.69) is 20.4 Å². The number of ether oxygens (including phenoxy) is 1. The summed E-state index contributed by atoms with van der Waals surface area (Å²) in [6.07, 6.45) is 10.0. The third-order valence-corrected chi connectivity index (χ3v) is 3.87. The minimum absolute atomic E-state index is 0.00674. The molecule has 0 saturated carbocycles. The minimum Gasteiger partial charge on any atom is -0.370 e. The second kappa shape index (κ2) is 7.32. The number of nitrogens with zero attached hydrogens (tertiary/aromatic N) is 4. The van der Waals surface area contributed by atoms with Crippen molar-refractivity contribution in [3.63, 3.8) is 0 Å². The Morgan fingerprint density at radius 1 is 1.35 bits per heavy atom. The van der Waals surface area contributed by atoms with E-state index >= 15 is 0 Å². The van der Waals surface area contributed by atoms with Crippen LogP contribution >= 0.6 is 0 Å². The van der Waals surface area contributed by atoms with Crippen molar-refractivity contribution in [2.45, 2.75) is 45.4 Å².